The maximum absolute atomic E-state index is 12.7. The summed E-state index contributed by atoms with van der Waals surface area (Å²) in [6, 6.07) is 7.68. The molecule has 1 amide bonds. The van der Waals surface area contributed by atoms with Crippen LogP contribution in [-0.2, 0) is 25.5 Å². The lowest BCUT2D eigenvalue weighted by Gasteiger charge is -2.39. The van der Waals surface area contributed by atoms with Gasteiger partial charge in [0.15, 0.2) is 0 Å². The highest BCUT2D eigenvalue weighted by atomic mass is 35.5. The van der Waals surface area contributed by atoms with Gasteiger partial charge in [0.1, 0.15) is 12.1 Å². The molecule has 1 saturated carbocycles. The molecule has 0 aromatic heterocycles. The summed E-state index contributed by atoms with van der Waals surface area (Å²) in [6.07, 6.45) is -2.20. The summed E-state index contributed by atoms with van der Waals surface area (Å²) in [7, 11) is 0. The topological polar surface area (TPSA) is 113 Å². The van der Waals surface area contributed by atoms with Crippen molar-refractivity contribution in [2.75, 3.05) is 0 Å². The van der Waals surface area contributed by atoms with Gasteiger partial charge in [-0.3, -0.25) is 9.59 Å². The average Bonchev–Trinajstić information content (AvgIpc) is 2.61. The quantitative estimate of drug-likeness (QED) is 0.475. The number of amides is 1. The van der Waals surface area contributed by atoms with Crippen molar-refractivity contribution in [3.8, 4) is 0 Å². The Hall–Kier alpha value is -1.83. The van der Waals surface area contributed by atoms with Gasteiger partial charge < -0.3 is 20.3 Å². The number of carbonyl (C=O) groups is 3. The number of carboxylic acids is 1. The van der Waals surface area contributed by atoms with Crippen LogP contribution in [-0.4, -0.2) is 57.1 Å². The molecule has 1 aliphatic rings. The molecule has 0 saturated heterocycles. The van der Waals surface area contributed by atoms with E-state index in [0.717, 1.165) is 12.5 Å². The van der Waals surface area contributed by atoms with Crippen LogP contribution in [0.15, 0.2) is 30.3 Å². The van der Waals surface area contributed by atoms with E-state index < -0.39 is 52.8 Å². The van der Waals surface area contributed by atoms with Crippen molar-refractivity contribution in [3.63, 3.8) is 0 Å². The lowest BCUT2D eigenvalue weighted by Crippen LogP contribution is -2.57. The molecule has 1 aromatic rings. The van der Waals surface area contributed by atoms with Crippen molar-refractivity contribution in [2.24, 2.45) is 5.92 Å². The third-order valence-electron chi connectivity index (χ3n) is 4.42. The van der Waals surface area contributed by atoms with E-state index in [4.69, 9.17) is 27.9 Å². The zero-order valence-corrected chi connectivity index (χ0v) is 16.1. The summed E-state index contributed by atoms with van der Waals surface area (Å²) in [5.41, 5.74) is 0.742. The van der Waals surface area contributed by atoms with Crippen LogP contribution in [0.5, 0.6) is 0 Å². The van der Waals surface area contributed by atoms with E-state index in [-0.39, 0.29) is 12.8 Å². The first-order valence-electron chi connectivity index (χ1n) is 8.41. The normalized spacial score (nSPS) is 28.8. The van der Waals surface area contributed by atoms with Crippen molar-refractivity contribution in [3.05, 3.63) is 35.9 Å². The van der Waals surface area contributed by atoms with Gasteiger partial charge in [-0.25, -0.2) is 4.79 Å². The largest absolute Gasteiger partial charge is 0.480 e. The molecular weight excluding hydrogens is 397 g/mol. The molecule has 5 unspecified atom stereocenters. The zero-order chi connectivity index (χ0) is 20.1. The first-order valence-corrected chi connectivity index (χ1v) is 9.28. The van der Waals surface area contributed by atoms with Gasteiger partial charge in [0.2, 0.25) is 5.91 Å². The van der Waals surface area contributed by atoms with Gasteiger partial charge >= 0.3 is 11.9 Å². The van der Waals surface area contributed by atoms with E-state index in [9.17, 15) is 24.6 Å². The van der Waals surface area contributed by atoms with Crippen LogP contribution in [0.3, 0.4) is 0 Å². The minimum atomic E-state index is -1.20. The molecule has 3 N–H and O–H groups in total. The average molecular weight is 418 g/mol. The molecule has 27 heavy (non-hydrogen) atoms. The van der Waals surface area contributed by atoms with E-state index in [2.05, 4.69) is 5.32 Å². The molecule has 0 spiro atoms. The van der Waals surface area contributed by atoms with Crippen molar-refractivity contribution in [1.29, 1.82) is 0 Å². The minimum absolute atomic E-state index is 0.00655. The number of hydrogen-bond acceptors (Lipinski definition) is 5. The monoisotopic (exact) mass is 417 g/mol. The summed E-state index contributed by atoms with van der Waals surface area (Å²) in [5.74, 6) is -3.48. The summed E-state index contributed by atoms with van der Waals surface area (Å²) < 4.78 is 5.12. The lowest BCUT2D eigenvalue weighted by atomic mass is 9.83. The molecule has 6 atom stereocenters. The Morgan fingerprint density at radius 3 is 2.44 bits per heavy atom. The zero-order valence-electron chi connectivity index (χ0n) is 14.5. The number of benzene rings is 1. The number of nitrogens with one attached hydrogen (secondary N) is 1. The van der Waals surface area contributed by atoms with Gasteiger partial charge in [-0.05, 0) is 12.0 Å². The Morgan fingerprint density at radius 1 is 1.26 bits per heavy atom. The second kappa shape index (κ2) is 9.39. The number of aliphatic carboxylic acids is 1. The molecule has 148 valence electrons. The number of aliphatic hydroxyl groups is 1. The van der Waals surface area contributed by atoms with Crippen molar-refractivity contribution < 1.29 is 29.3 Å². The van der Waals surface area contributed by atoms with Crippen LogP contribution < -0.4 is 5.32 Å². The van der Waals surface area contributed by atoms with Crippen molar-refractivity contribution in [1.82, 2.24) is 5.32 Å². The molecule has 0 heterocycles. The molecule has 0 bridgehead atoms. The molecule has 7 nitrogen and oxygen atoms in total. The molecular formula is C18H21Cl2NO6. The molecule has 1 aliphatic carbocycles. The first kappa shape index (κ1) is 21.5. The minimum Gasteiger partial charge on any atom is -0.480 e. The van der Waals surface area contributed by atoms with Crippen molar-refractivity contribution in [2.45, 2.75) is 48.8 Å². The van der Waals surface area contributed by atoms with Crippen LogP contribution in [0.2, 0.25) is 0 Å². The maximum atomic E-state index is 12.7. The van der Waals surface area contributed by atoms with E-state index in [1.54, 1.807) is 30.3 Å². The number of esters is 1. The van der Waals surface area contributed by atoms with E-state index >= 15 is 0 Å². The third-order valence-corrected chi connectivity index (χ3v) is 5.37. The maximum Gasteiger partial charge on any atom is 0.326 e. The van der Waals surface area contributed by atoms with Gasteiger partial charge in [0.05, 0.1) is 22.8 Å². The number of aliphatic hydroxyl groups excluding tert-OH is 1. The number of hydrogen-bond donors (Lipinski definition) is 3. The fourth-order valence-corrected chi connectivity index (χ4v) is 3.88. The number of ether oxygens (including phenoxy) is 1. The smallest absolute Gasteiger partial charge is 0.326 e. The van der Waals surface area contributed by atoms with Crippen LogP contribution >= 0.6 is 23.2 Å². The SMILES string of the molecule is CC(=O)OC1C(C(=O)N[C@@H](Cc2ccccc2)C(=O)O)CC(Cl)C(O)C1Cl. The van der Waals surface area contributed by atoms with Crippen LogP contribution in [0, 0.1) is 5.92 Å². The Bertz CT molecular complexity index is 686. The third kappa shape index (κ3) is 5.57. The van der Waals surface area contributed by atoms with Gasteiger partial charge in [-0.15, -0.1) is 23.2 Å². The Kier molecular flexibility index (Phi) is 7.47. The number of rotatable bonds is 6. The van der Waals surface area contributed by atoms with Crippen molar-refractivity contribution >= 4 is 41.0 Å². The van der Waals surface area contributed by atoms with E-state index in [0.29, 0.717) is 0 Å². The standard InChI is InChI=1S/C18H21Cl2NO6/c1-9(22)27-16-11(8-12(19)15(23)14(16)20)17(24)21-13(18(25)26)7-10-5-3-2-4-6-10/h2-6,11-16,23H,7-8H2,1H3,(H,21,24)(H,25,26)/t11?,12?,13-,14?,15?,16?/m0/s1. The summed E-state index contributed by atoms with van der Waals surface area (Å²) in [5, 5.41) is 20.0. The highest BCUT2D eigenvalue weighted by Crippen LogP contribution is 2.34. The number of halogens is 2. The predicted octanol–water partition coefficient (Wildman–Crippen LogP) is 1.33. The Morgan fingerprint density at radius 2 is 1.89 bits per heavy atom. The Labute approximate surface area is 166 Å². The molecule has 9 heteroatoms. The highest BCUT2D eigenvalue weighted by Gasteiger charge is 2.48. The fraction of sp³-hybridized carbons (Fsp3) is 0.500. The van der Waals surface area contributed by atoms with E-state index in [1.165, 1.54) is 0 Å². The van der Waals surface area contributed by atoms with Gasteiger partial charge in [-0.1, -0.05) is 30.3 Å². The van der Waals surface area contributed by atoms with Crippen LogP contribution in [0.1, 0.15) is 18.9 Å². The molecule has 0 radical (unpaired) electrons. The highest BCUT2D eigenvalue weighted by molar-refractivity contribution is 6.25. The molecule has 1 aromatic carbocycles. The number of carboxylic acid groups (broad SMARTS) is 1. The van der Waals surface area contributed by atoms with Gasteiger partial charge in [0.25, 0.3) is 0 Å². The Balaban J connectivity index is 2.16. The predicted molar refractivity (Wildman–Crippen MR) is 98.7 cm³/mol. The molecule has 1 fully saturated rings. The van der Waals surface area contributed by atoms with E-state index in [1.807, 2.05) is 0 Å². The van der Waals surface area contributed by atoms with Gasteiger partial charge in [-0.2, -0.15) is 0 Å². The number of alkyl halides is 2. The lowest BCUT2D eigenvalue weighted by molar-refractivity contribution is -0.157. The van der Waals surface area contributed by atoms with Gasteiger partial charge in [0, 0.05) is 13.3 Å². The summed E-state index contributed by atoms with van der Waals surface area (Å²) in [4.78, 5) is 35.7. The van der Waals surface area contributed by atoms with Crippen LogP contribution in [0.4, 0.5) is 0 Å². The summed E-state index contributed by atoms with van der Waals surface area (Å²) in [6.45, 7) is 1.16. The second-order valence-corrected chi connectivity index (χ2v) is 7.52. The summed E-state index contributed by atoms with van der Waals surface area (Å²) >= 11 is 12.2. The first-order chi connectivity index (χ1) is 12.7. The second-order valence-electron chi connectivity index (χ2n) is 6.46. The fourth-order valence-electron chi connectivity index (χ4n) is 3.06. The molecule has 0 aliphatic heterocycles. The van der Waals surface area contributed by atoms with Crippen LogP contribution in [0.25, 0.3) is 0 Å². The molecule has 2 rings (SSSR count). The number of carbonyl (C=O) groups excluding carboxylic acids is 2.